The van der Waals surface area contributed by atoms with E-state index in [-0.39, 0.29) is 0 Å². The number of H-pyrrole nitrogens is 1. The fourth-order valence-electron chi connectivity index (χ4n) is 2.78. The highest BCUT2D eigenvalue weighted by Crippen LogP contribution is 2.22. The van der Waals surface area contributed by atoms with Crippen LogP contribution in [0.25, 0.3) is 0 Å². The summed E-state index contributed by atoms with van der Waals surface area (Å²) in [5.41, 5.74) is 0. The second-order valence-electron chi connectivity index (χ2n) is 5.80. The number of aromatic nitrogens is 2. The first-order valence-electron chi connectivity index (χ1n) is 7.20. The lowest BCUT2D eigenvalue weighted by molar-refractivity contribution is 0.220. The molecule has 7 heteroatoms. The van der Waals surface area contributed by atoms with E-state index in [0.717, 1.165) is 25.1 Å². The van der Waals surface area contributed by atoms with Crippen LogP contribution in [0.2, 0.25) is 0 Å². The fourth-order valence-corrected chi connectivity index (χ4v) is 4.27. The monoisotopic (exact) mass is 300 g/mol. The van der Waals surface area contributed by atoms with Crippen molar-refractivity contribution in [2.75, 3.05) is 19.6 Å². The Morgan fingerprint density at radius 3 is 2.70 bits per heavy atom. The Kier molecular flexibility index (Phi) is 5.17. The lowest BCUT2D eigenvalue weighted by atomic mass is 9.94. The smallest absolute Gasteiger partial charge is 0.279 e. The summed E-state index contributed by atoms with van der Waals surface area (Å²) in [6.45, 7) is 5.90. The second-order valence-corrected chi connectivity index (χ2v) is 7.56. The van der Waals surface area contributed by atoms with Gasteiger partial charge in [-0.2, -0.15) is 12.7 Å². The Bertz CT molecular complexity index is 490. The number of imidazole rings is 1. The van der Waals surface area contributed by atoms with E-state index in [1.807, 2.05) is 0 Å². The van der Waals surface area contributed by atoms with Crippen molar-refractivity contribution < 1.29 is 8.42 Å². The summed E-state index contributed by atoms with van der Waals surface area (Å²) in [7, 11) is -3.34. The Morgan fingerprint density at radius 2 is 2.10 bits per heavy atom. The lowest BCUT2D eigenvalue weighted by Gasteiger charge is -2.33. The normalized spacial score (nSPS) is 24.9. The number of hydrogen-bond donors (Lipinski definition) is 2. The summed E-state index contributed by atoms with van der Waals surface area (Å²) in [5.74, 6) is 1.75. The van der Waals surface area contributed by atoms with Gasteiger partial charge in [0.05, 0.1) is 0 Å². The van der Waals surface area contributed by atoms with Crippen LogP contribution in [0, 0.1) is 11.8 Å². The van der Waals surface area contributed by atoms with Gasteiger partial charge >= 0.3 is 0 Å². The number of hydrogen-bond acceptors (Lipinski definition) is 3. The van der Waals surface area contributed by atoms with E-state index in [9.17, 15) is 8.42 Å². The van der Waals surface area contributed by atoms with Crippen molar-refractivity contribution in [3.63, 3.8) is 0 Å². The summed E-state index contributed by atoms with van der Waals surface area (Å²) >= 11 is 0. The summed E-state index contributed by atoms with van der Waals surface area (Å²) in [4.78, 5) is 7.13. The highest BCUT2D eigenvalue weighted by atomic mass is 32.2. The Balaban J connectivity index is 1.78. The zero-order valence-corrected chi connectivity index (χ0v) is 13.0. The molecule has 0 aromatic carbocycles. The number of aryl methyl sites for hydroxylation is 1. The zero-order chi connectivity index (χ0) is 14.6. The van der Waals surface area contributed by atoms with Gasteiger partial charge in [-0.05, 0) is 24.7 Å². The fraction of sp³-hybridized carbons (Fsp3) is 0.769. The quantitative estimate of drug-likeness (QED) is 0.774. The molecule has 1 aliphatic rings. The van der Waals surface area contributed by atoms with E-state index in [1.165, 1.54) is 0 Å². The molecule has 20 heavy (non-hydrogen) atoms. The molecule has 2 heterocycles. The van der Waals surface area contributed by atoms with Crippen LogP contribution in [0.5, 0.6) is 0 Å². The van der Waals surface area contributed by atoms with E-state index >= 15 is 0 Å². The largest absolute Gasteiger partial charge is 0.349 e. The van der Waals surface area contributed by atoms with Crippen LogP contribution < -0.4 is 4.72 Å². The molecule has 1 saturated heterocycles. The summed E-state index contributed by atoms with van der Waals surface area (Å²) in [5, 5.41) is 0. The number of nitrogens with one attached hydrogen (secondary N) is 2. The van der Waals surface area contributed by atoms with Gasteiger partial charge in [-0.15, -0.1) is 0 Å². The van der Waals surface area contributed by atoms with Crippen LogP contribution in [-0.4, -0.2) is 42.3 Å². The van der Waals surface area contributed by atoms with Gasteiger partial charge in [0, 0.05) is 38.4 Å². The first kappa shape index (κ1) is 15.5. The van der Waals surface area contributed by atoms with Crippen molar-refractivity contribution in [1.29, 1.82) is 0 Å². The average molecular weight is 300 g/mol. The molecule has 0 saturated carbocycles. The van der Waals surface area contributed by atoms with E-state index in [1.54, 1.807) is 16.7 Å². The third-order valence-corrected chi connectivity index (χ3v) is 5.15. The number of piperidine rings is 1. The third-order valence-electron chi connectivity index (χ3n) is 3.60. The minimum Gasteiger partial charge on any atom is -0.349 e. The molecule has 1 aromatic heterocycles. The van der Waals surface area contributed by atoms with Crippen LogP contribution in [0.4, 0.5) is 0 Å². The second kappa shape index (κ2) is 6.69. The lowest BCUT2D eigenvalue weighted by Crippen LogP contribution is -2.48. The van der Waals surface area contributed by atoms with Crippen molar-refractivity contribution in [1.82, 2.24) is 19.0 Å². The molecule has 1 aliphatic heterocycles. The molecule has 0 radical (unpaired) electrons. The van der Waals surface area contributed by atoms with Crippen molar-refractivity contribution in [3.05, 3.63) is 18.2 Å². The van der Waals surface area contributed by atoms with Crippen LogP contribution in [0.1, 0.15) is 32.5 Å². The molecule has 0 amide bonds. The van der Waals surface area contributed by atoms with Crippen molar-refractivity contribution in [2.45, 2.75) is 33.1 Å². The van der Waals surface area contributed by atoms with E-state index in [4.69, 9.17) is 0 Å². The van der Waals surface area contributed by atoms with E-state index in [2.05, 4.69) is 28.5 Å². The molecule has 0 aliphatic carbocycles. The molecule has 2 unspecified atom stereocenters. The molecule has 0 spiro atoms. The molecule has 114 valence electrons. The molecular formula is C13H24N4O2S. The molecule has 2 rings (SSSR count). The predicted molar refractivity (Wildman–Crippen MR) is 78.3 cm³/mol. The van der Waals surface area contributed by atoms with Crippen LogP contribution in [-0.2, 0) is 16.6 Å². The van der Waals surface area contributed by atoms with Crippen LogP contribution >= 0.6 is 0 Å². The number of rotatable bonds is 6. The van der Waals surface area contributed by atoms with Gasteiger partial charge in [0.2, 0.25) is 0 Å². The van der Waals surface area contributed by atoms with Crippen molar-refractivity contribution in [2.24, 2.45) is 11.8 Å². The average Bonchev–Trinajstić information content (AvgIpc) is 2.86. The van der Waals surface area contributed by atoms with Crippen molar-refractivity contribution in [3.8, 4) is 0 Å². The van der Waals surface area contributed by atoms with E-state index in [0.29, 0.717) is 31.5 Å². The molecule has 2 atom stereocenters. The highest BCUT2D eigenvalue weighted by molar-refractivity contribution is 7.87. The molecule has 0 bridgehead atoms. The summed E-state index contributed by atoms with van der Waals surface area (Å²) in [6, 6.07) is 0. The number of aromatic amines is 1. The highest BCUT2D eigenvalue weighted by Gasteiger charge is 2.29. The predicted octanol–water partition coefficient (Wildman–Crippen LogP) is 1.15. The number of nitrogens with zero attached hydrogens (tertiary/aromatic N) is 2. The maximum Gasteiger partial charge on any atom is 0.279 e. The molecule has 2 N–H and O–H groups in total. The van der Waals surface area contributed by atoms with Gasteiger partial charge < -0.3 is 4.98 Å². The van der Waals surface area contributed by atoms with Crippen LogP contribution in [0.3, 0.4) is 0 Å². The van der Waals surface area contributed by atoms with Gasteiger partial charge in [-0.25, -0.2) is 9.71 Å². The maximum absolute atomic E-state index is 12.2. The SMILES string of the molecule is CC1CC(C)CN(S(=O)(=O)NCCCc2ncc[nH]2)C1. The minimum atomic E-state index is -3.34. The van der Waals surface area contributed by atoms with Gasteiger partial charge in [-0.1, -0.05) is 13.8 Å². The Hall–Kier alpha value is -0.920. The first-order chi connectivity index (χ1) is 9.47. The maximum atomic E-state index is 12.2. The molecular weight excluding hydrogens is 276 g/mol. The molecule has 1 fully saturated rings. The van der Waals surface area contributed by atoms with Gasteiger partial charge in [0.25, 0.3) is 10.2 Å². The molecule has 1 aromatic rings. The first-order valence-corrected chi connectivity index (χ1v) is 8.64. The van der Waals surface area contributed by atoms with Gasteiger partial charge in [-0.3, -0.25) is 0 Å². The summed E-state index contributed by atoms with van der Waals surface area (Å²) in [6.07, 6.45) is 6.07. The Labute approximate surface area is 121 Å². The van der Waals surface area contributed by atoms with E-state index < -0.39 is 10.2 Å². The van der Waals surface area contributed by atoms with Crippen molar-refractivity contribution >= 4 is 10.2 Å². The van der Waals surface area contributed by atoms with Gasteiger partial charge in [0.1, 0.15) is 5.82 Å². The minimum absolute atomic E-state index is 0.429. The standard InChI is InChI=1S/C13H24N4O2S/c1-11-8-12(2)10-17(9-11)20(18,19)16-5-3-4-13-14-6-7-15-13/h6-7,11-12,16H,3-5,8-10H2,1-2H3,(H,14,15). The zero-order valence-electron chi connectivity index (χ0n) is 12.2. The van der Waals surface area contributed by atoms with Crippen LogP contribution in [0.15, 0.2) is 12.4 Å². The topological polar surface area (TPSA) is 78.1 Å². The van der Waals surface area contributed by atoms with Gasteiger partial charge in [0.15, 0.2) is 0 Å². The Morgan fingerprint density at radius 1 is 1.40 bits per heavy atom. The third kappa shape index (κ3) is 4.29. The summed E-state index contributed by atoms with van der Waals surface area (Å²) < 4.78 is 28.7. The molecule has 6 nitrogen and oxygen atoms in total.